The second-order valence-electron chi connectivity index (χ2n) is 4.21. The van der Waals surface area contributed by atoms with Gasteiger partial charge < -0.3 is 15.2 Å². The van der Waals surface area contributed by atoms with E-state index in [2.05, 4.69) is 26.3 Å². The minimum Gasteiger partial charge on any atom is -0.507 e. The summed E-state index contributed by atoms with van der Waals surface area (Å²) in [4.78, 5) is 12.2. The van der Waals surface area contributed by atoms with Gasteiger partial charge in [-0.3, -0.25) is 4.79 Å². The first-order valence-electron chi connectivity index (χ1n) is 5.81. The summed E-state index contributed by atoms with van der Waals surface area (Å²) < 4.78 is 7.43. The Labute approximate surface area is 124 Å². The molecule has 0 aliphatic carbocycles. The van der Waals surface area contributed by atoms with E-state index >= 15 is 0 Å². The van der Waals surface area contributed by atoms with Crippen molar-refractivity contribution in [3.63, 3.8) is 0 Å². The summed E-state index contributed by atoms with van der Waals surface area (Å²) in [5.74, 6) is -0.0748. The number of carbonyl (C=O) groups is 1. The molecule has 0 bridgehead atoms. The van der Waals surface area contributed by atoms with Crippen LogP contribution in [0.5, 0.6) is 11.6 Å². The Kier molecular flexibility index (Phi) is 3.99. The van der Waals surface area contributed by atoms with Gasteiger partial charge in [0, 0.05) is 11.5 Å². The minimum absolute atomic E-state index is 0.0996. The number of phenolic OH excluding ortho intramolecular Hbond substituents is 1. The second-order valence-corrected chi connectivity index (χ2v) is 5.12. The van der Waals surface area contributed by atoms with E-state index in [0.717, 1.165) is 0 Å². The smallest absolute Gasteiger partial charge is 0.259 e. The number of halogens is 1. The van der Waals surface area contributed by atoms with Gasteiger partial charge in [-0.1, -0.05) is 15.9 Å². The number of aryl methyl sites for hydroxylation is 2. The molecule has 6 nitrogen and oxygen atoms in total. The molecule has 20 heavy (non-hydrogen) atoms. The van der Waals surface area contributed by atoms with Crippen LogP contribution in [0, 0.1) is 6.92 Å². The normalized spacial score (nSPS) is 10.4. The van der Waals surface area contributed by atoms with E-state index in [-0.39, 0.29) is 11.3 Å². The highest BCUT2D eigenvalue weighted by atomic mass is 79.9. The maximum Gasteiger partial charge on any atom is 0.259 e. The van der Waals surface area contributed by atoms with Crippen LogP contribution in [-0.2, 0) is 7.05 Å². The predicted molar refractivity (Wildman–Crippen MR) is 78.3 cm³/mol. The summed E-state index contributed by atoms with van der Waals surface area (Å²) >= 11 is 3.22. The van der Waals surface area contributed by atoms with Crippen molar-refractivity contribution in [2.24, 2.45) is 7.05 Å². The molecule has 0 unspecified atom stereocenters. The van der Waals surface area contributed by atoms with E-state index < -0.39 is 5.91 Å². The van der Waals surface area contributed by atoms with Crippen LogP contribution in [0.15, 0.2) is 22.7 Å². The molecule has 106 valence electrons. The van der Waals surface area contributed by atoms with Gasteiger partial charge in [-0.25, -0.2) is 4.68 Å². The number of ether oxygens (including phenoxy) is 1. The van der Waals surface area contributed by atoms with E-state index in [4.69, 9.17) is 4.74 Å². The summed E-state index contributed by atoms with van der Waals surface area (Å²) in [5, 5.41) is 16.7. The molecule has 0 fully saturated rings. The van der Waals surface area contributed by atoms with Crippen LogP contribution in [0.1, 0.15) is 16.1 Å². The number of hydrogen-bond donors (Lipinski definition) is 2. The van der Waals surface area contributed by atoms with Crippen LogP contribution in [0.3, 0.4) is 0 Å². The summed E-state index contributed by atoms with van der Waals surface area (Å²) in [6.07, 6.45) is 0. The topological polar surface area (TPSA) is 76.4 Å². The number of anilines is 1. The maximum absolute atomic E-state index is 12.2. The Bertz CT molecular complexity index is 667. The predicted octanol–water partition coefficient (Wildman–Crippen LogP) is 2.46. The molecule has 0 aliphatic heterocycles. The number of amides is 1. The van der Waals surface area contributed by atoms with Gasteiger partial charge in [-0.05, 0) is 25.1 Å². The van der Waals surface area contributed by atoms with Gasteiger partial charge in [0.25, 0.3) is 5.91 Å². The fourth-order valence-corrected chi connectivity index (χ4v) is 2.24. The lowest BCUT2D eigenvalue weighted by atomic mass is 10.2. The van der Waals surface area contributed by atoms with Crippen molar-refractivity contribution in [1.29, 1.82) is 0 Å². The fraction of sp³-hybridized carbons (Fsp3) is 0.231. The van der Waals surface area contributed by atoms with Crippen LogP contribution in [0.25, 0.3) is 0 Å². The van der Waals surface area contributed by atoms with Crippen molar-refractivity contribution < 1.29 is 14.6 Å². The monoisotopic (exact) mass is 339 g/mol. The first kappa shape index (κ1) is 14.4. The number of methoxy groups -OCH3 is 1. The molecular formula is C13H14BrN3O3. The van der Waals surface area contributed by atoms with E-state index in [1.54, 1.807) is 20.0 Å². The number of hydrogen-bond acceptors (Lipinski definition) is 4. The van der Waals surface area contributed by atoms with Gasteiger partial charge in [0.15, 0.2) is 0 Å². The summed E-state index contributed by atoms with van der Waals surface area (Å²) in [5.41, 5.74) is 1.30. The average molecular weight is 340 g/mol. The van der Waals surface area contributed by atoms with Gasteiger partial charge in [0.1, 0.15) is 11.4 Å². The van der Waals surface area contributed by atoms with Crippen molar-refractivity contribution >= 4 is 27.5 Å². The standard InChI is InChI=1S/C13H14BrN3O3/c1-7-11(13(20-3)17(2)16-7)15-12(19)9-5-4-8(14)6-10(9)18/h4-6,18H,1-3H3,(H,15,19). The van der Waals surface area contributed by atoms with Gasteiger partial charge in [0.05, 0.1) is 18.4 Å². The molecule has 2 N–H and O–H groups in total. The Balaban J connectivity index is 2.32. The number of aromatic hydroxyl groups is 1. The highest BCUT2D eigenvalue weighted by molar-refractivity contribution is 9.10. The number of benzene rings is 1. The maximum atomic E-state index is 12.2. The van der Waals surface area contributed by atoms with Gasteiger partial charge in [0.2, 0.25) is 5.88 Å². The first-order chi connectivity index (χ1) is 9.43. The number of phenols is 1. The molecule has 0 atom stereocenters. The Morgan fingerprint density at radius 2 is 2.20 bits per heavy atom. The molecule has 0 saturated heterocycles. The third kappa shape index (κ3) is 2.62. The Morgan fingerprint density at radius 1 is 1.50 bits per heavy atom. The molecule has 7 heteroatoms. The van der Waals surface area contributed by atoms with Crippen molar-refractivity contribution in [1.82, 2.24) is 9.78 Å². The zero-order valence-electron chi connectivity index (χ0n) is 11.3. The molecule has 2 aromatic rings. The zero-order valence-corrected chi connectivity index (χ0v) is 12.9. The van der Waals surface area contributed by atoms with Gasteiger partial charge in [-0.15, -0.1) is 0 Å². The summed E-state index contributed by atoms with van der Waals surface area (Å²) in [6.45, 7) is 1.76. The van der Waals surface area contributed by atoms with E-state index in [1.807, 2.05) is 0 Å². The summed E-state index contributed by atoms with van der Waals surface area (Å²) in [6, 6.07) is 4.68. The molecule has 0 aliphatic rings. The molecule has 1 aromatic carbocycles. The third-order valence-corrected chi connectivity index (χ3v) is 3.30. The van der Waals surface area contributed by atoms with Gasteiger partial charge in [-0.2, -0.15) is 5.10 Å². The largest absolute Gasteiger partial charge is 0.507 e. The van der Waals surface area contributed by atoms with E-state index in [9.17, 15) is 9.90 Å². The van der Waals surface area contributed by atoms with Crippen molar-refractivity contribution in [2.75, 3.05) is 12.4 Å². The lowest BCUT2D eigenvalue weighted by molar-refractivity contribution is 0.102. The SMILES string of the molecule is COc1c(NC(=O)c2ccc(Br)cc2O)c(C)nn1C. The fourth-order valence-electron chi connectivity index (χ4n) is 1.89. The van der Waals surface area contributed by atoms with E-state index in [1.165, 1.54) is 23.9 Å². The highest BCUT2D eigenvalue weighted by Gasteiger charge is 2.19. The molecule has 1 aromatic heterocycles. The zero-order chi connectivity index (χ0) is 14.9. The first-order valence-corrected chi connectivity index (χ1v) is 6.60. The van der Waals surface area contributed by atoms with Crippen LogP contribution in [0.2, 0.25) is 0 Å². The third-order valence-electron chi connectivity index (χ3n) is 2.81. The molecule has 1 heterocycles. The van der Waals surface area contributed by atoms with Crippen molar-refractivity contribution in [3.05, 3.63) is 33.9 Å². The molecule has 1 amide bonds. The number of rotatable bonds is 3. The molecule has 0 saturated carbocycles. The van der Waals surface area contributed by atoms with Gasteiger partial charge >= 0.3 is 0 Å². The second kappa shape index (κ2) is 5.54. The van der Waals surface area contributed by atoms with Crippen molar-refractivity contribution in [3.8, 4) is 11.6 Å². The van der Waals surface area contributed by atoms with E-state index in [0.29, 0.717) is 21.7 Å². The molecule has 2 rings (SSSR count). The minimum atomic E-state index is -0.426. The highest BCUT2D eigenvalue weighted by Crippen LogP contribution is 2.29. The number of carbonyl (C=O) groups excluding carboxylic acids is 1. The van der Waals surface area contributed by atoms with Crippen LogP contribution in [0.4, 0.5) is 5.69 Å². The van der Waals surface area contributed by atoms with Crippen LogP contribution < -0.4 is 10.1 Å². The van der Waals surface area contributed by atoms with Crippen LogP contribution >= 0.6 is 15.9 Å². The van der Waals surface area contributed by atoms with Crippen molar-refractivity contribution in [2.45, 2.75) is 6.92 Å². The average Bonchev–Trinajstić information content (AvgIpc) is 2.63. The number of nitrogens with zero attached hydrogens (tertiary/aromatic N) is 2. The summed E-state index contributed by atoms with van der Waals surface area (Å²) in [7, 11) is 3.22. The van der Waals surface area contributed by atoms with Crippen LogP contribution in [-0.4, -0.2) is 27.9 Å². The number of aromatic nitrogens is 2. The quantitative estimate of drug-likeness (QED) is 0.900. The lowest BCUT2D eigenvalue weighted by Crippen LogP contribution is -2.13. The molecular weight excluding hydrogens is 326 g/mol. The number of nitrogens with one attached hydrogen (secondary N) is 1. The Morgan fingerprint density at radius 3 is 2.80 bits per heavy atom. The molecule has 0 spiro atoms. The lowest BCUT2D eigenvalue weighted by Gasteiger charge is -2.08. The Hall–Kier alpha value is -2.02. The molecule has 0 radical (unpaired) electrons.